The fraction of sp³-hybridized carbons (Fsp3) is 0.143. The molecule has 0 bridgehead atoms. The van der Waals surface area contributed by atoms with Crippen LogP contribution in [0.5, 0.6) is 0 Å². The van der Waals surface area contributed by atoms with Gasteiger partial charge in [0.05, 0.1) is 11.9 Å². The number of amides is 3. The molecule has 0 radical (unpaired) electrons. The summed E-state index contributed by atoms with van der Waals surface area (Å²) in [5.41, 5.74) is 11.0. The second-order valence-electron chi connectivity index (χ2n) is 7.11. The number of carboxylic acid groups (broad SMARTS) is 1. The molecule has 1 unspecified atom stereocenters. The molecule has 0 spiro atoms. The van der Waals surface area contributed by atoms with E-state index in [9.17, 15) is 24.3 Å². The Morgan fingerprint density at radius 3 is 2.41 bits per heavy atom. The maximum atomic E-state index is 12.4. The lowest BCUT2D eigenvalue weighted by Crippen LogP contribution is -2.41. The van der Waals surface area contributed by atoms with E-state index in [2.05, 4.69) is 30.9 Å². The Labute approximate surface area is 192 Å². The van der Waals surface area contributed by atoms with Crippen molar-refractivity contribution in [3.63, 3.8) is 0 Å². The minimum absolute atomic E-state index is 0.0413. The standard InChI is InChI=1S/C21H22N8O5/c22-16-15(18(31)29-20(23)28-16)27-21(34)25-12-7-9-13(24-10-12)17(30)26-14(19(32)33)8-6-11-4-2-1-3-5-11/h1-5,7,9-10,14H,6,8H2,(H,26,30)(H,32,33)(H2,25,27,34)(H5,22,23,28,29,31). The van der Waals surface area contributed by atoms with Crippen LogP contribution in [0.2, 0.25) is 0 Å². The summed E-state index contributed by atoms with van der Waals surface area (Å²) in [7, 11) is 0. The topological polar surface area (TPSA) is 218 Å². The number of nitrogens with two attached hydrogens (primary N) is 2. The first-order valence-electron chi connectivity index (χ1n) is 10.00. The van der Waals surface area contributed by atoms with E-state index in [1.54, 1.807) is 0 Å². The Balaban J connectivity index is 1.58. The Morgan fingerprint density at radius 2 is 1.79 bits per heavy atom. The Kier molecular flexibility index (Phi) is 7.38. The smallest absolute Gasteiger partial charge is 0.326 e. The molecule has 13 heteroatoms. The molecule has 13 nitrogen and oxygen atoms in total. The van der Waals surface area contributed by atoms with Crippen LogP contribution in [0.25, 0.3) is 0 Å². The Morgan fingerprint density at radius 1 is 1.06 bits per heavy atom. The molecular formula is C21H22N8O5. The van der Waals surface area contributed by atoms with E-state index < -0.39 is 29.5 Å². The number of nitrogen functional groups attached to an aromatic ring is 2. The van der Waals surface area contributed by atoms with Crippen molar-refractivity contribution in [1.29, 1.82) is 0 Å². The van der Waals surface area contributed by atoms with Crippen molar-refractivity contribution in [2.24, 2.45) is 0 Å². The summed E-state index contributed by atoms with van der Waals surface area (Å²) in [5.74, 6) is -2.30. The molecule has 0 saturated carbocycles. The number of urea groups is 1. The quantitative estimate of drug-likeness (QED) is 0.249. The third-order valence-corrected chi connectivity index (χ3v) is 4.63. The van der Waals surface area contributed by atoms with Crippen LogP contribution in [0.3, 0.4) is 0 Å². The lowest BCUT2D eigenvalue weighted by Gasteiger charge is -2.14. The number of hydrogen-bond donors (Lipinski definition) is 7. The van der Waals surface area contributed by atoms with Crippen molar-refractivity contribution in [2.75, 3.05) is 22.1 Å². The summed E-state index contributed by atoms with van der Waals surface area (Å²) in [6.45, 7) is 0. The van der Waals surface area contributed by atoms with Gasteiger partial charge >= 0.3 is 12.0 Å². The molecule has 3 aromatic rings. The average molecular weight is 466 g/mol. The molecule has 1 atom stereocenters. The minimum atomic E-state index is -1.16. The molecule has 0 aliphatic carbocycles. The zero-order chi connectivity index (χ0) is 24.7. The molecule has 0 fully saturated rings. The minimum Gasteiger partial charge on any atom is -0.480 e. The zero-order valence-corrected chi connectivity index (χ0v) is 17.7. The molecule has 176 valence electrons. The van der Waals surface area contributed by atoms with E-state index in [-0.39, 0.29) is 35.3 Å². The zero-order valence-electron chi connectivity index (χ0n) is 17.7. The van der Waals surface area contributed by atoms with Crippen molar-refractivity contribution in [3.8, 4) is 0 Å². The number of carbonyl (C=O) groups is 3. The maximum Gasteiger partial charge on any atom is 0.326 e. The van der Waals surface area contributed by atoms with E-state index in [1.807, 2.05) is 30.3 Å². The molecule has 3 rings (SSSR count). The van der Waals surface area contributed by atoms with Crippen LogP contribution < -0.4 is 33.0 Å². The second kappa shape index (κ2) is 10.6. The Hall–Kier alpha value is -4.94. The summed E-state index contributed by atoms with van der Waals surface area (Å²) in [4.78, 5) is 57.8. The summed E-state index contributed by atoms with van der Waals surface area (Å²) in [6.07, 6.45) is 1.87. The molecule has 0 aliphatic heterocycles. The van der Waals surface area contributed by atoms with Gasteiger partial charge in [-0.15, -0.1) is 0 Å². The van der Waals surface area contributed by atoms with Crippen molar-refractivity contribution in [2.45, 2.75) is 18.9 Å². The number of rotatable bonds is 8. The van der Waals surface area contributed by atoms with Gasteiger partial charge in [-0.1, -0.05) is 30.3 Å². The highest BCUT2D eigenvalue weighted by Crippen LogP contribution is 2.12. The number of aliphatic carboxylic acids is 1. The van der Waals surface area contributed by atoms with Gasteiger partial charge < -0.3 is 27.2 Å². The van der Waals surface area contributed by atoms with E-state index in [4.69, 9.17) is 11.5 Å². The molecule has 9 N–H and O–H groups in total. The van der Waals surface area contributed by atoms with Crippen LogP contribution in [0, 0.1) is 0 Å². The fourth-order valence-electron chi connectivity index (χ4n) is 2.95. The number of H-pyrrole nitrogens is 1. The predicted molar refractivity (Wildman–Crippen MR) is 124 cm³/mol. The fourth-order valence-corrected chi connectivity index (χ4v) is 2.95. The van der Waals surface area contributed by atoms with Gasteiger partial charge in [0.15, 0.2) is 11.5 Å². The molecule has 2 aromatic heterocycles. The van der Waals surface area contributed by atoms with Crippen molar-refractivity contribution >= 4 is 41.0 Å². The third kappa shape index (κ3) is 6.29. The predicted octanol–water partition coefficient (Wildman–Crippen LogP) is 0.789. The number of nitrogens with zero attached hydrogens (tertiary/aromatic N) is 2. The average Bonchev–Trinajstić information content (AvgIpc) is 2.80. The Bertz CT molecular complexity index is 1240. The number of aromatic amines is 1. The number of carbonyl (C=O) groups excluding carboxylic acids is 2. The van der Waals surface area contributed by atoms with Gasteiger partial charge in [0.25, 0.3) is 11.5 Å². The number of anilines is 4. The van der Waals surface area contributed by atoms with Crippen molar-refractivity contribution in [1.82, 2.24) is 20.3 Å². The van der Waals surface area contributed by atoms with Crippen LogP contribution >= 0.6 is 0 Å². The number of aromatic nitrogens is 3. The van der Waals surface area contributed by atoms with Crippen molar-refractivity contribution < 1.29 is 19.5 Å². The van der Waals surface area contributed by atoms with Gasteiger partial charge in [-0.25, -0.2) is 14.6 Å². The number of hydrogen-bond acceptors (Lipinski definition) is 8. The van der Waals surface area contributed by atoms with E-state index in [0.717, 1.165) is 5.56 Å². The molecule has 0 aliphatic rings. The van der Waals surface area contributed by atoms with Gasteiger partial charge in [-0.05, 0) is 30.5 Å². The molecule has 1 aromatic carbocycles. The number of pyridine rings is 1. The first-order chi connectivity index (χ1) is 16.2. The van der Waals surface area contributed by atoms with E-state index in [0.29, 0.717) is 6.42 Å². The van der Waals surface area contributed by atoms with Gasteiger partial charge in [-0.3, -0.25) is 19.9 Å². The van der Waals surface area contributed by atoms with E-state index in [1.165, 1.54) is 18.3 Å². The maximum absolute atomic E-state index is 12.4. The summed E-state index contributed by atoms with van der Waals surface area (Å²) < 4.78 is 0. The van der Waals surface area contributed by atoms with Crippen molar-refractivity contribution in [3.05, 3.63) is 70.3 Å². The van der Waals surface area contributed by atoms with Gasteiger partial charge in [0, 0.05) is 0 Å². The first kappa shape index (κ1) is 23.7. The van der Waals surface area contributed by atoms with Crippen LogP contribution in [0.4, 0.5) is 27.9 Å². The van der Waals surface area contributed by atoms with Crippen LogP contribution in [0.15, 0.2) is 53.5 Å². The monoisotopic (exact) mass is 466 g/mol. The van der Waals surface area contributed by atoms with Gasteiger partial charge in [0.1, 0.15) is 11.7 Å². The highest BCUT2D eigenvalue weighted by atomic mass is 16.4. The SMILES string of the molecule is Nc1nc(N)c(NC(=O)Nc2ccc(C(=O)NC(CCc3ccccc3)C(=O)O)nc2)c(=O)[nH]1. The number of benzene rings is 1. The van der Waals surface area contributed by atoms with Crippen LogP contribution in [-0.2, 0) is 11.2 Å². The number of aryl methyl sites for hydroxylation is 1. The van der Waals surface area contributed by atoms with E-state index >= 15 is 0 Å². The van der Waals surface area contributed by atoms with Crippen LogP contribution in [0.1, 0.15) is 22.5 Å². The first-order valence-corrected chi connectivity index (χ1v) is 10.00. The lowest BCUT2D eigenvalue weighted by atomic mass is 10.1. The molecule has 3 amide bonds. The number of carboxylic acids is 1. The van der Waals surface area contributed by atoms with Gasteiger partial charge in [-0.2, -0.15) is 4.98 Å². The highest BCUT2D eigenvalue weighted by molar-refractivity contribution is 6.01. The van der Waals surface area contributed by atoms with Gasteiger partial charge in [0.2, 0.25) is 5.95 Å². The summed E-state index contributed by atoms with van der Waals surface area (Å²) in [5, 5.41) is 16.5. The lowest BCUT2D eigenvalue weighted by molar-refractivity contribution is -0.139. The molecule has 0 saturated heterocycles. The summed E-state index contributed by atoms with van der Waals surface area (Å²) >= 11 is 0. The molecule has 2 heterocycles. The molecule has 34 heavy (non-hydrogen) atoms. The third-order valence-electron chi connectivity index (χ3n) is 4.63. The largest absolute Gasteiger partial charge is 0.480 e. The summed E-state index contributed by atoms with van der Waals surface area (Å²) in [6, 6.07) is 10.1. The van der Waals surface area contributed by atoms with Crippen LogP contribution in [-0.4, -0.2) is 44.0 Å². The normalized spacial score (nSPS) is 11.3. The number of nitrogens with one attached hydrogen (secondary N) is 4. The second-order valence-corrected chi connectivity index (χ2v) is 7.11. The molecular weight excluding hydrogens is 444 g/mol. The highest BCUT2D eigenvalue weighted by Gasteiger charge is 2.21.